The van der Waals surface area contributed by atoms with Gasteiger partial charge in [-0.3, -0.25) is 0 Å². The highest BCUT2D eigenvalue weighted by Crippen LogP contribution is 2.28. The van der Waals surface area contributed by atoms with Gasteiger partial charge < -0.3 is 15.0 Å². The predicted molar refractivity (Wildman–Crippen MR) is 80.5 cm³/mol. The number of rotatable bonds is 8. The van der Waals surface area contributed by atoms with Crippen molar-refractivity contribution in [3.63, 3.8) is 0 Å². The Hall–Kier alpha value is -0.120. The van der Waals surface area contributed by atoms with Gasteiger partial charge >= 0.3 is 0 Å². The van der Waals surface area contributed by atoms with Gasteiger partial charge in [0.25, 0.3) is 0 Å². The molecule has 112 valence electrons. The summed E-state index contributed by atoms with van der Waals surface area (Å²) in [6.07, 6.45) is 7.73. The second-order valence-electron chi connectivity index (χ2n) is 6.42. The summed E-state index contributed by atoms with van der Waals surface area (Å²) in [6.45, 7) is 11.4. The van der Waals surface area contributed by atoms with E-state index in [9.17, 15) is 0 Å². The zero-order valence-corrected chi connectivity index (χ0v) is 12.9. The smallest absolute Gasteiger partial charge is 0.0494 e. The Balaban J connectivity index is 1.65. The van der Waals surface area contributed by atoms with E-state index in [-0.39, 0.29) is 0 Å². The van der Waals surface area contributed by atoms with Gasteiger partial charge in [-0.2, -0.15) is 0 Å². The fourth-order valence-corrected chi connectivity index (χ4v) is 3.06. The van der Waals surface area contributed by atoms with Gasteiger partial charge in [0.1, 0.15) is 0 Å². The average molecular weight is 268 g/mol. The van der Waals surface area contributed by atoms with Crippen LogP contribution in [0.5, 0.6) is 0 Å². The van der Waals surface area contributed by atoms with Crippen molar-refractivity contribution < 1.29 is 4.74 Å². The normalized spacial score (nSPS) is 24.3. The highest BCUT2D eigenvalue weighted by atomic mass is 16.5. The molecular weight excluding hydrogens is 236 g/mol. The van der Waals surface area contributed by atoms with Crippen LogP contribution in [-0.4, -0.2) is 49.8 Å². The van der Waals surface area contributed by atoms with E-state index in [2.05, 4.69) is 24.1 Å². The molecule has 0 spiro atoms. The van der Waals surface area contributed by atoms with E-state index in [4.69, 9.17) is 4.74 Å². The molecule has 1 N–H and O–H groups in total. The molecule has 1 saturated heterocycles. The molecule has 1 heterocycles. The van der Waals surface area contributed by atoms with Crippen LogP contribution < -0.4 is 5.32 Å². The fourth-order valence-electron chi connectivity index (χ4n) is 3.06. The van der Waals surface area contributed by atoms with E-state index in [0.29, 0.717) is 5.54 Å². The van der Waals surface area contributed by atoms with Crippen LogP contribution in [0.1, 0.15) is 52.4 Å². The van der Waals surface area contributed by atoms with Gasteiger partial charge in [0.05, 0.1) is 0 Å². The van der Waals surface area contributed by atoms with Crippen molar-refractivity contribution in [2.75, 3.05) is 39.4 Å². The number of nitrogens with zero attached hydrogens (tertiary/aromatic N) is 1. The van der Waals surface area contributed by atoms with Crippen molar-refractivity contribution in [2.45, 2.75) is 57.9 Å². The minimum absolute atomic E-state index is 0.353. The lowest BCUT2D eigenvalue weighted by molar-refractivity contribution is 0.107. The summed E-state index contributed by atoms with van der Waals surface area (Å²) in [6, 6.07) is 0. The van der Waals surface area contributed by atoms with E-state index in [1.807, 2.05) is 0 Å². The minimum atomic E-state index is 0.353. The summed E-state index contributed by atoms with van der Waals surface area (Å²) in [7, 11) is 0. The van der Waals surface area contributed by atoms with Gasteiger partial charge in [-0.1, -0.05) is 13.8 Å². The van der Waals surface area contributed by atoms with Crippen molar-refractivity contribution in [3.05, 3.63) is 0 Å². The Morgan fingerprint density at radius 2 is 2.05 bits per heavy atom. The Kier molecular flexibility index (Phi) is 6.11. The van der Waals surface area contributed by atoms with Crippen LogP contribution in [0.2, 0.25) is 0 Å². The van der Waals surface area contributed by atoms with Crippen LogP contribution in [0.3, 0.4) is 0 Å². The SMILES string of the molecule is CCC1(CC)CN(CCCOCC2CC2)CCCN1. The molecule has 0 atom stereocenters. The molecule has 2 fully saturated rings. The van der Waals surface area contributed by atoms with E-state index in [0.717, 1.165) is 19.1 Å². The Bertz CT molecular complexity index is 249. The van der Waals surface area contributed by atoms with Crippen molar-refractivity contribution in [1.82, 2.24) is 10.2 Å². The second-order valence-corrected chi connectivity index (χ2v) is 6.42. The fraction of sp³-hybridized carbons (Fsp3) is 1.00. The van der Waals surface area contributed by atoms with Gasteiger partial charge in [0.2, 0.25) is 0 Å². The van der Waals surface area contributed by atoms with Crippen molar-refractivity contribution in [2.24, 2.45) is 5.92 Å². The number of hydrogen-bond donors (Lipinski definition) is 1. The van der Waals surface area contributed by atoms with Crippen molar-refractivity contribution in [1.29, 1.82) is 0 Å². The Morgan fingerprint density at radius 3 is 2.74 bits per heavy atom. The first-order valence-corrected chi connectivity index (χ1v) is 8.33. The van der Waals surface area contributed by atoms with Crippen molar-refractivity contribution in [3.8, 4) is 0 Å². The largest absolute Gasteiger partial charge is 0.381 e. The molecule has 1 aliphatic carbocycles. The Morgan fingerprint density at radius 1 is 1.26 bits per heavy atom. The minimum Gasteiger partial charge on any atom is -0.381 e. The molecule has 1 aliphatic heterocycles. The van der Waals surface area contributed by atoms with Gasteiger partial charge in [0, 0.05) is 31.8 Å². The highest BCUT2D eigenvalue weighted by molar-refractivity contribution is 4.91. The molecule has 0 aromatic rings. The molecule has 0 aromatic carbocycles. The molecule has 2 aliphatic rings. The standard InChI is InChI=1S/C16H32N2O/c1-3-16(4-2)14-18(10-5-9-17-16)11-6-12-19-13-15-7-8-15/h15,17H,3-14H2,1-2H3. The summed E-state index contributed by atoms with van der Waals surface area (Å²) >= 11 is 0. The van der Waals surface area contributed by atoms with Gasteiger partial charge in [-0.25, -0.2) is 0 Å². The number of nitrogens with one attached hydrogen (secondary N) is 1. The van der Waals surface area contributed by atoms with E-state index < -0.39 is 0 Å². The van der Waals surface area contributed by atoms with Gasteiger partial charge in [-0.05, 0) is 57.5 Å². The molecule has 3 nitrogen and oxygen atoms in total. The zero-order valence-electron chi connectivity index (χ0n) is 12.9. The topological polar surface area (TPSA) is 24.5 Å². The molecule has 0 amide bonds. The van der Waals surface area contributed by atoms with E-state index in [1.54, 1.807) is 0 Å². The van der Waals surface area contributed by atoms with Crippen molar-refractivity contribution >= 4 is 0 Å². The second kappa shape index (κ2) is 7.61. The van der Waals surface area contributed by atoms with E-state index >= 15 is 0 Å². The van der Waals surface area contributed by atoms with Crippen LogP contribution in [0.15, 0.2) is 0 Å². The molecule has 2 rings (SSSR count). The van der Waals surface area contributed by atoms with Crippen LogP contribution in [-0.2, 0) is 4.74 Å². The molecule has 0 unspecified atom stereocenters. The summed E-state index contributed by atoms with van der Waals surface area (Å²) < 4.78 is 5.74. The summed E-state index contributed by atoms with van der Waals surface area (Å²) in [5, 5.41) is 3.78. The monoisotopic (exact) mass is 268 g/mol. The summed E-state index contributed by atoms with van der Waals surface area (Å²) in [4.78, 5) is 2.65. The maximum Gasteiger partial charge on any atom is 0.0494 e. The molecule has 19 heavy (non-hydrogen) atoms. The van der Waals surface area contributed by atoms with Gasteiger partial charge in [-0.15, -0.1) is 0 Å². The molecule has 0 bridgehead atoms. The van der Waals surface area contributed by atoms with Crippen LogP contribution in [0.4, 0.5) is 0 Å². The lowest BCUT2D eigenvalue weighted by Crippen LogP contribution is -2.50. The maximum absolute atomic E-state index is 5.74. The zero-order chi connectivity index (χ0) is 13.6. The summed E-state index contributed by atoms with van der Waals surface area (Å²) in [5.74, 6) is 0.898. The van der Waals surface area contributed by atoms with Gasteiger partial charge in [0.15, 0.2) is 0 Å². The Labute approximate surface area is 119 Å². The first-order chi connectivity index (χ1) is 9.28. The number of hydrogen-bond acceptors (Lipinski definition) is 3. The van der Waals surface area contributed by atoms with Crippen LogP contribution >= 0.6 is 0 Å². The third-order valence-electron chi connectivity index (χ3n) is 4.84. The first-order valence-electron chi connectivity index (χ1n) is 8.33. The maximum atomic E-state index is 5.74. The quantitative estimate of drug-likeness (QED) is 0.685. The van der Waals surface area contributed by atoms with E-state index in [1.165, 1.54) is 64.7 Å². The third-order valence-corrected chi connectivity index (χ3v) is 4.84. The molecule has 0 radical (unpaired) electrons. The number of ether oxygens (including phenoxy) is 1. The first kappa shape index (κ1) is 15.3. The predicted octanol–water partition coefficient (Wildman–Crippen LogP) is 2.66. The molecular formula is C16H32N2O. The lowest BCUT2D eigenvalue weighted by Gasteiger charge is -2.35. The molecule has 0 aromatic heterocycles. The van der Waals surface area contributed by atoms with Crippen LogP contribution in [0.25, 0.3) is 0 Å². The van der Waals surface area contributed by atoms with Crippen LogP contribution in [0, 0.1) is 5.92 Å². The highest BCUT2D eigenvalue weighted by Gasteiger charge is 2.29. The molecule has 3 heteroatoms. The molecule has 1 saturated carbocycles. The summed E-state index contributed by atoms with van der Waals surface area (Å²) in [5.41, 5.74) is 0.353. The lowest BCUT2D eigenvalue weighted by atomic mass is 9.92. The average Bonchev–Trinajstić information content (AvgIpc) is 3.25. The third kappa shape index (κ3) is 5.05.